The molecule has 0 nitrogen and oxygen atoms in total. The van der Waals surface area contributed by atoms with Crippen LogP contribution in [0.1, 0.15) is 41.0 Å². The normalized spacial score (nSPS) is 13.4. The molecule has 0 spiro atoms. The zero-order valence-corrected chi connectivity index (χ0v) is 7.94. The van der Waals surface area contributed by atoms with Gasteiger partial charge in [-0.25, -0.2) is 0 Å². The molecule has 0 heterocycles. The summed E-state index contributed by atoms with van der Waals surface area (Å²) >= 11 is 0. The minimum atomic E-state index is 0.755. The van der Waals surface area contributed by atoms with Crippen LogP contribution in [0.3, 0.4) is 0 Å². The predicted molar refractivity (Wildman–Crippen MR) is 48.1 cm³/mol. The Kier molecular flexibility index (Phi) is 4.42. The maximum Gasteiger partial charge on any atom is -0.0257 e. The average molecular weight is 140 g/mol. The van der Waals surface area contributed by atoms with Crippen molar-refractivity contribution in [3.8, 4) is 0 Å². The monoisotopic (exact) mass is 140 g/mol. The molecule has 0 saturated heterocycles. The lowest BCUT2D eigenvalue weighted by Gasteiger charge is -2.09. The Bertz CT molecular complexity index is 105. The molecule has 0 aromatic rings. The third kappa shape index (κ3) is 5.87. The Morgan fingerprint density at radius 3 is 2.00 bits per heavy atom. The molecule has 0 amide bonds. The van der Waals surface area contributed by atoms with Crippen molar-refractivity contribution in [2.75, 3.05) is 0 Å². The lowest BCUT2D eigenvalue weighted by Crippen LogP contribution is -1.96. The van der Waals surface area contributed by atoms with Crippen LogP contribution in [0.15, 0.2) is 11.6 Å². The minimum absolute atomic E-state index is 0.755. The van der Waals surface area contributed by atoms with Gasteiger partial charge in [0.15, 0.2) is 0 Å². The highest BCUT2D eigenvalue weighted by molar-refractivity contribution is 4.96. The molecule has 0 radical (unpaired) electrons. The average Bonchev–Trinajstić information content (AvgIpc) is 1.58. The summed E-state index contributed by atoms with van der Waals surface area (Å²) in [5.74, 6) is 1.58. The van der Waals surface area contributed by atoms with Gasteiger partial charge in [0.2, 0.25) is 0 Å². The summed E-state index contributed by atoms with van der Waals surface area (Å²) in [6.45, 7) is 11.2. The molecule has 0 bridgehead atoms. The second-order valence-electron chi connectivity index (χ2n) is 3.85. The molecule has 0 heteroatoms. The summed E-state index contributed by atoms with van der Waals surface area (Å²) in [5.41, 5.74) is 1.44. The smallest absolute Gasteiger partial charge is 0.0257 e. The molecule has 0 aliphatic rings. The lowest BCUT2D eigenvalue weighted by molar-refractivity contribution is 0.501. The van der Waals surface area contributed by atoms with Crippen molar-refractivity contribution in [2.45, 2.75) is 41.0 Å². The second-order valence-corrected chi connectivity index (χ2v) is 3.85. The van der Waals surface area contributed by atoms with Crippen LogP contribution in [-0.4, -0.2) is 0 Å². The topological polar surface area (TPSA) is 0 Å². The largest absolute Gasteiger partial charge is 0.0830 e. The maximum atomic E-state index is 2.35. The first-order valence-electron chi connectivity index (χ1n) is 4.17. The van der Waals surface area contributed by atoms with Crippen molar-refractivity contribution in [1.82, 2.24) is 0 Å². The molecular formula is C10H20. The van der Waals surface area contributed by atoms with Crippen LogP contribution in [0.4, 0.5) is 0 Å². The van der Waals surface area contributed by atoms with Crippen LogP contribution < -0.4 is 0 Å². The van der Waals surface area contributed by atoms with E-state index in [1.54, 1.807) is 0 Å². The van der Waals surface area contributed by atoms with Crippen molar-refractivity contribution >= 4 is 0 Å². The quantitative estimate of drug-likeness (QED) is 0.525. The Hall–Kier alpha value is -0.260. The number of hydrogen-bond donors (Lipinski definition) is 0. The van der Waals surface area contributed by atoms with E-state index in [-0.39, 0.29) is 0 Å². The zero-order chi connectivity index (χ0) is 8.15. The first kappa shape index (κ1) is 9.74. The van der Waals surface area contributed by atoms with Crippen molar-refractivity contribution in [2.24, 2.45) is 11.8 Å². The summed E-state index contributed by atoms with van der Waals surface area (Å²) in [7, 11) is 0. The first-order chi connectivity index (χ1) is 4.52. The predicted octanol–water partition coefficient (Wildman–Crippen LogP) is 3.63. The number of hydrogen-bond acceptors (Lipinski definition) is 0. The Labute approximate surface area is 65.3 Å². The Morgan fingerprint density at radius 1 is 1.20 bits per heavy atom. The van der Waals surface area contributed by atoms with Crippen LogP contribution in [-0.2, 0) is 0 Å². The van der Waals surface area contributed by atoms with Gasteiger partial charge in [-0.05, 0) is 32.1 Å². The van der Waals surface area contributed by atoms with Gasteiger partial charge in [0, 0.05) is 0 Å². The lowest BCUT2D eigenvalue weighted by atomic mass is 9.97. The molecule has 0 rings (SSSR count). The molecular weight excluding hydrogens is 120 g/mol. The molecule has 0 unspecified atom stereocenters. The summed E-state index contributed by atoms with van der Waals surface area (Å²) in [6, 6.07) is 0. The van der Waals surface area contributed by atoms with Crippen LogP contribution >= 0.6 is 0 Å². The fourth-order valence-corrected chi connectivity index (χ4v) is 1.38. The summed E-state index contributed by atoms with van der Waals surface area (Å²) in [4.78, 5) is 0. The molecule has 0 aliphatic heterocycles. The van der Waals surface area contributed by atoms with E-state index in [1.807, 2.05) is 0 Å². The highest BCUT2D eigenvalue weighted by Crippen LogP contribution is 2.13. The number of rotatable bonds is 3. The van der Waals surface area contributed by atoms with Crippen molar-refractivity contribution in [1.29, 1.82) is 0 Å². The summed E-state index contributed by atoms with van der Waals surface area (Å²) in [5, 5.41) is 0. The molecule has 0 aromatic heterocycles. The van der Waals surface area contributed by atoms with Gasteiger partial charge in [-0.1, -0.05) is 32.4 Å². The molecule has 1 atom stereocenters. The first-order valence-corrected chi connectivity index (χ1v) is 4.17. The molecule has 60 valence electrons. The Balaban J connectivity index is 3.64. The molecule has 0 saturated carbocycles. The van der Waals surface area contributed by atoms with Gasteiger partial charge in [-0.2, -0.15) is 0 Å². The molecule has 0 fully saturated rings. The fraction of sp³-hybridized carbons (Fsp3) is 0.800. The SMILES string of the molecule is CC(C)=C[C@@H](C)CC(C)C. The van der Waals surface area contributed by atoms with E-state index in [1.165, 1.54) is 12.0 Å². The van der Waals surface area contributed by atoms with Crippen LogP contribution in [0.2, 0.25) is 0 Å². The van der Waals surface area contributed by atoms with Crippen LogP contribution in [0.25, 0.3) is 0 Å². The van der Waals surface area contributed by atoms with E-state index in [4.69, 9.17) is 0 Å². The van der Waals surface area contributed by atoms with Gasteiger partial charge in [-0.15, -0.1) is 0 Å². The van der Waals surface area contributed by atoms with Gasteiger partial charge >= 0.3 is 0 Å². The highest BCUT2D eigenvalue weighted by atomic mass is 14.1. The van der Waals surface area contributed by atoms with Crippen LogP contribution in [0, 0.1) is 11.8 Å². The van der Waals surface area contributed by atoms with E-state index < -0.39 is 0 Å². The van der Waals surface area contributed by atoms with E-state index >= 15 is 0 Å². The van der Waals surface area contributed by atoms with Crippen molar-refractivity contribution < 1.29 is 0 Å². The van der Waals surface area contributed by atoms with Gasteiger partial charge in [0.05, 0.1) is 0 Å². The summed E-state index contributed by atoms with van der Waals surface area (Å²) < 4.78 is 0. The van der Waals surface area contributed by atoms with Crippen molar-refractivity contribution in [3.05, 3.63) is 11.6 Å². The van der Waals surface area contributed by atoms with E-state index in [0.29, 0.717) is 0 Å². The standard InChI is InChI=1S/C10H20/c1-8(2)6-10(5)7-9(3)4/h6,9-10H,7H2,1-5H3/t10-/m1/s1. The fourth-order valence-electron chi connectivity index (χ4n) is 1.38. The third-order valence-electron chi connectivity index (χ3n) is 1.46. The van der Waals surface area contributed by atoms with E-state index in [2.05, 4.69) is 40.7 Å². The number of allylic oxidation sites excluding steroid dienone is 2. The molecule has 0 aromatic carbocycles. The van der Waals surface area contributed by atoms with Gasteiger partial charge in [0.25, 0.3) is 0 Å². The summed E-state index contributed by atoms with van der Waals surface area (Å²) in [6.07, 6.45) is 3.66. The van der Waals surface area contributed by atoms with Crippen LogP contribution in [0.5, 0.6) is 0 Å². The van der Waals surface area contributed by atoms with Gasteiger partial charge in [-0.3, -0.25) is 0 Å². The molecule has 0 N–H and O–H groups in total. The van der Waals surface area contributed by atoms with Crippen molar-refractivity contribution in [3.63, 3.8) is 0 Å². The Morgan fingerprint density at radius 2 is 1.70 bits per heavy atom. The maximum absolute atomic E-state index is 2.35. The highest BCUT2D eigenvalue weighted by Gasteiger charge is 2.00. The second kappa shape index (κ2) is 4.54. The molecule has 10 heavy (non-hydrogen) atoms. The minimum Gasteiger partial charge on any atom is -0.0830 e. The van der Waals surface area contributed by atoms with E-state index in [9.17, 15) is 0 Å². The zero-order valence-electron chi connectivity index (χ0n) is 7.94. The van der Waals surface area contributed by atoms with Gasteiger partial charge < -0.3 is 0 Å². The van der Waals surface area contributed by atoms with E-state index in [0.717, 1.165) is 11.8 Å². The van der Waals surface area contributed by atoms with Gasteiger partial charge in [0.1, 0.15) is 0 Å². The third-order valence-corrected chi connectivity index (χ3v) is 1.46. The molecule has 0 aliphatic carbocycles.